The highest BCUT2D eigenvalue weighted by molar-refractivity contribution is 5.84. The highest BCUT2D eigenvalue weighted by Crippen LogP contribution is 2.31. The minimum absolute atomic E-state index is 0.129. The number of hydrogen-bond donors (Lipinski definition) is 2. The van der Waals surface area contributed by atoms with Crippen LogP contribution in [-0.2, 0) is 6.18 Å². The largest absolute Gasteiger partial charge is 0.493 e. The molecular weight excluding hydrogens is 436 g/mol. The van der Waals surface area contributed by atoms with Crippen LogP contribution < -0.4 is 10.1 Å². The van der Waals surface area contributed by atoms with Gasteiger partial charge in [0.25, 0.3) is 0 Å². The number of nitrogens with zero attached hydrogens (tertiary/aromatic N) is 2. The Labute approximate surface area is 186 Å². The van der Waals surface area contributed by atoms with Crippen molar-refractivity contribution < 1.29 is 22.3 Å². The molecule has 0 saturated carbocycles. The molecule has 0 aliphatic rings. The van der Waals surface area contributed by atoms with Crippen molar-refractivity contribution in [2.24, 2.45) is 0 Å². The van der Waals surface area contributed by atoms with E-state index in [9.17, 15) is 22.8 Å². The maximum atomic E-state index is 13.6. The van der Waals surface area contributed by atoms with Gasteiger partial charge in [0.2, 0.25) is 0 Å². The first kappa shape index (κ1) is 22.1. The van der Waals surface area contributed by atoms with Gasteiger partial charge in [-0.05, 0) is 35.9 Å². The van der Waals surface area contributed by atoms with Gasteiger partial charge < -0.3 is 15.0 Å². The van der Waals surface area contributed by atoms with Gasteiger partial charge in [0.1, 0.15) is 29.1 Å². The Bertz CT molecular complexity index is 1320. The fourth-order valence-electron chi connectivity index (χ4n) is 3.34. The number of nitrogens with one attached hydrogen (secondary N) is 2. The molecule has 168 valence electrons. The summed E-state index contributed by atoms with van der Waals surface area (Å²) in [4.78, 5) is 7.04. The molecule has 2 heterocycles. The van der Waals surface area contributed by atoms with Crippen molar-refractivity contribution in [3.63, 3.8) is 0 Å². The van der Waals surface area contributed by atoms with Crippen LogP contribution in [0.4, 0.5) is 29.1 Å². The van der Waals surface area contributed by atoms with E-state index in [-0.39, 0.29) is 24.0 Å². The highest BCUT2D eigenvalue weighted by Gasteiger charge is 2.30. The van der Waals surface area contributed by atoms with Crippen molar-refractivity contribution in [3.05, 3.63) is 83.4 Å². The third-order valence-corrected chi connectivity index (χ3v) is 5.12. The Morgan fingerprint density at radius 1 is 1.12 bits per heavy atom. The molecule has 5 nitrogen and oxygen atoms in total. The lowest BCUT2D eigenvalue weighted by Gasteiger charge is -2.15. The number of aromatic amines is 1. The highest BCUT2D eigenvalue weighted by atomic mass is 19.4. The molecule has 0 fully saturated rings. The van der Waals surface area contributed by atoms with Gasteiger partial charge in [0.15, 0.2) is 0 Å². The van der Waals surface area contributed by atoms with E-state index in [1.807, 2.05) is 13.0 Å². The summed E-state index contributed by atoms with van der Waals surface area (Å²) in [6.45, 7) is 2.02. The molecule has 1 unspecified atom stereocenters. The number of fused-ring (bicyclic) bond motifs is 1. The number of H-pyrrole nitrogens is 1. The minimum atomic E-state index is -4.38. The Morgan fingerprint density at radius 2 is 1.88 bits per heavy atom. The van der Waals surface area contributed by atoms with E-state index in [1.54, 1.807) is 24.3 Å². The summed E-state index contributed by atoms with van der Waals surface area (Å²) in [5.41, 5.74) is 1.36. The summed E-state index contributed by atoms with van der Waals surface area (Å²) in [5.74, 6) is 0.207. The molecular formula is C24H18F4N4O. The molecule has 0 aliphatic heterocycles. The van der Waals surface area contributed by atoms with Crippen molar-refractivity contribution in [1.82, 2.24) is 9.97 Å². The molecule has 0 aliphatic carbocycles. The first-order chi connectivity index (χ1) is 15.7. The summed E-state index contributed by atoms with van der Waals surface area (Å²) in [6, 6.07) is 15.0. The van der Waals surface area contributed by atoms with Gasteiger partial charge in [0.05, 0.1) is 17.7 Å². The van der Waals surface area contributed by atoms with E-state index in [0.717, 1.165) is 12.1 Å². The van der Waals surface area contributed by atoms with Crippen molar-refractivity contribution in [2.45, 2.75) is 19.0 Å². The number of anilines is 2. The van der Waals surface area contributed by atoms with Gasteiger partial charge in [-0.15, -0.1) is 0 Å². The molecule has 9 heteroatoms. The minimum Gasteiger partial charge on any atom is -0.493 e. The monoisotopic (exact) mass is 454 g/mol. The second-order valence-corrected chi connectivity index (χ2v) is 7.54. The summed E-state index contributed by atoms with van der Waals surface area (Å²) in [6.07, 6.45) is -3.11. The van der Waals surface area contributed by atoms with Crippen molar-refractivity contribution in [3.8, 4) is 11.8 Å². The Kier molecular flexibility index (Phi) is 5.92. The van der Waals surface area contributed by atoms with Crippen LogP contribution in [0.15, 0.2) is 60.8 Å². The van der Waals surface area contributed by atoms with E-state index in [2.05, 4.69) is 15.3 Å². The van der Waals surface area contributed by atoms with Gasteiger partial charge in [-0.2, -0.15) is 18.4 Å². The zero-order valence-corrected chi connectivity index (χ0v) is 17.4. The molecule has 0 radical (unpaired) electrons. The molecule has 33 heavy (non-hydrogen) atoms. The average molecular weight is 454 g/mol. The maximum absolute atomic E-state index is 13.6. The zero-order chi connectivity index (χ0) is 23.6. The van der Waals surface area contributed by atoms with Crippen LogP contribution in [0.2, 0.25) is 0 Å². The molecule has 4 aromatic rings. The second-order valence-electron chi connectivity index (χ2n) is 7.54. The number of pyridine rings is 1. The van der Waals surface area contributed by atoms with Crippen molar-refractivity contribution in [1.29, 1.82) is 5.26 Å². The SMILES string of the molecule is CC(COc1cc(C#N)nc(Nc2ccc3c(F)c[nH]c3c2)c1)c1ccc(C(F)(F)F)cc1. The molecule has 1 atom stereocenters. The number of benzene rings is 2. The van der Waals surface area contributed by atoms with Gasteiger partial charge in [-0.25, -0.2) is 9.37 Å². The fraction of sp³-hybridized carbons (Fsp3) is 0.167. The fourth-order valence-corrected chi connectivity index (χ4v) is 3.34. The molecule has 0 bridgehead atoms. The third kappa shape index (κ3) is 5.06. The molecule has 0 amide bonds. The predicted octanol–water partition coefficient (Wildman–Crippen LogP) is 6.52. The summed E-state index contributed by atoms with van der Waals surface area (Å²) < 4.78 is 57.7. The summed E-state index contributed by atoms with van der Waals surface area (Å²) in [5, 5.41) is 12.8. The number of halogens is 4. The van der Waals surface area contributed by atoms with E-state index in [1.165, 1.54) is 24.4 Å². The lowest BCUT2D eigenvalue weighted by molar-refractivity contribution is -0.137. The second kappa shape index (κ2) is 8.82. The van der Waals surface area contributed by atoms with Crippen molar-refractivity contribution >= 4 is 22.4 Å². The normalized spacial score (nSPS) is 12.4. The Morgan fingerprint density at radius 3 is 2.58 bits per heavy atom. The lowest BCUT2D eigenvalue weighted by Crippen LogP contribution is -2.09. The topological polar surface area (TPSA) is 73.7 Å². The van der Waals surface area contributed by atoms with Gasteiger partial charge in [-0.3, -0.25) is 0 Å². The Hall–Kier alpha value is -4.06. The molecule has 0 saturated heterocycles. The van der Waals surface area contributed by atoms with E-state index in [0.29, 0.717) is 33.7 Å². The van der Waals surface area contributed by atoms with Crippen LogP contribution in [0.25, 0.3) is 10.9 Å². The average Bonchev–Trinajstić information content (AvgIpc) is 3.16. The summed E-state index contributed by atoms with van der Waals surface area (Å²) in [7, 11) is 0. The lowest BCUT2D eigenvalue weighted by atomic mass is 10.0. The van der Waals surface area contributed by atoms with Crippen LogP contribution in [0.5, 0.6) is 5.75 Å². The number of hydrogen-bond acceptors (Lipinski definition) is 4. The van der Waals surface area contributed by atoms with Crippen LogP contribution in [0.3, 0.4) is 0 Å². The van der Waals surface area contributed by atoms with Crippen LogP contribution >= 0.6 is 0 Å². The van der Waals surface area contributed by atoms with Gasteiger partial charge in [0, 0.05) is 35.3 Å². The van der Waals surface area contributed by atoms with E-state index < -0.39 is 11.7 Å². The van der Waals surface area contributed by atoms with Gasteiger partial charge >= 0.3 is 6.18 Å². The molecule has 2 aromatic carbocycles. The molecule has 0 spiro atoms. The van der Waals surface area contributed by atoms with E-state index >= 15 is 0 Å². The number of nitriles is 1. The van der Waals surface area contributed by atoms with Crippen LogP contribution in [0.1, 0.15) is 29.7 Å². The predicted molar refractivity (Wildman–Crippen MR) is 116 cm³/mol. The van der Waals surface area contributed by atoms with Crippen LogP contribution in [-0.4, -0.2) is 16.6 Å². The van der Waals surface area contributed by atoms with E-state index in [4.69, 9.17) is 4.74 Å². The first-order valence-corrected chi connectivity index (χ1v) is 9.99. The quantitative estimate of drug-likeness (QED) is 0.325. The smallest absolute Gasteiger partial charge is 0.416 e. The number of ether oxygens (including phenoxy) is 1. The first-order valence-electron chi connectivity index (χ1n) is 9.99. The molecule has 2 aromatic heterocycles. The third-order valence-electron chi connectivity index (χ3n) is 5.12. The zero-order valence-electron chi connectivity index (χ0n) is 17.4. The van der Waals surface area contributed by atoms with Crippen molar-refractivity contribution in [2.75, 3.05) is 11.9 Å². The summed E-state index contributed by atoms with van der Waals surface area (Å²) >= 11 is 0. The standard InChI is InChI=1S/C24H18F4N4O/c1-14(15-2-4-16(5-3-15)24(26,27)28)13-33-19-8-18(11-29)32-23(10-19)31-17-6-7-20-21(25)12-30-22(20)9-17/h2-10,12,14,30H,13H2,1H3,(H,31,32). The maximum Gasteiger partial charge on any atom is 0.416 e. The van der Waals surface area contributed by atoms with Crippen LogP contribution in [0, 0.1) is 17.1 Å². The number of alkyl halides is 3. The molecule has 2 N–H and O–H groups in total. The van der Waals surface area contributed by atoms with Gasteiger partial charge in [-0.1, -0.05) is 19.1 Å². The molecule has 4 rings (SSSR count). The number of rotatable bonds is 6. The number of aromatic nitrogens is 2. The Balaban J connectivity index is 1.47.